The van der Waals surface area contributed by atoms with E-state index in [9.17, 15) is 19.8 Å². The van der Waals surface area contributed by atoms with Crippen LogP contribution in [0.1, 0.15) is 17.2 Å². The predicted molar refractivity (Wildman–Crippen MR) is 129 cm³/mol. The molecule has 3 aromatic carbocycles. The number of methoxy groups -OCH3 is 2. The monoisotopic (exact) mass is 471 g/mol. The summed E-state index contributed by atoms with van der Waals surface area (Å²) >= 11 is 0. The fourth-order valence-corrected chi connectivity index (χ4v) is 4.25. The van der Waals surface area contributed by atoms with Gasteiger partial charge in [-0.15, -0.1) is 0 Å². The second-order valence-electron chi connectivity index (χ2n) is 7.91. The Bertz CT molecular complexity index is 1470. The number of fused-ring (bicyclic) bond motifs is 1. The van der Waals surface area contributed by atoms with Gasteiger partial charge in [-0.2, -0.15) is 0 Å². The Labute approximate surface area is 199 Å². The number of ketones is 1. The molecule has 0 saturated carbocycles. The van der Waals surface area contributed by atoms with Crippen molar-refractivity contribution in [1.82, 2.24) is 9.97 Å². The molecule has 1 amide bonds. The van der Waals surface area contributed by atoms with E-state index in [2.05, 4.69) is 9.97 Å². The fourth-order valence-electron chi connectivity index (χ4n) is 4.25. The summed E-state index contributed by atoms with van der Waals surface area (Å²) in [5, 5.41) is 21.5. The molecule has 4 aromatic rings. The summed E-state index contributed by atoms with van der Waals surface area (Å²) in [6, 6.07) is 17.0. The minimum Gasteiger partial charge on any atom is -0.508 e. The average molecular weight is 471 g/mol. The van der Waals surface area contributed by atoms with Gasteiger partial charge in [0.2, 0.25) is 5.95 Å². The van der Waals surface area contributed by atoms with Crippen LogP contribution in [0.25, 0.3) is 16.8 Å². The molecule has 0 aliphatic carbocycles. The van der Waals surface area contributed by atoms with Gasteiger partial charge in [0, 0.05) is 6.07 Å². The number of aromatic hydroxyl groups is 1. The minimum absolute atomic E-state index is 0.0558. The third-order valence-corrected chi connectivity index (χ3v) is 5.90. The van der Waals surface area contributed by atoms with Crippen LogP contribution in [-0.4, -0.2) is 46.1 Å². The zero-order valence-corrected chi connectivity index (χ0v) is 18.9. The van der Waals surface area contributed by atoms with Crippen LogP contribution in [0.3, 0.4) is 0 Å². The smallest absolute Gasteiger partial charge is 0.302 e. The Kier molecular flexibility index (Phi) is 5.37. The molecule has 1 saturated heterocycles. The predicted octanol–water partition coefficient (Wildman–Crippen LogP) is 3.91. The second kappa shape index (κ2) is 8.53. The van der Waals surface area contributed by atoms with Crippen molar-refractivity contribution < 1.29 is 29.3 Å². The molecule has 1 unspecified atom stereocenters. The van der Waals surface area contributed by atoms with Crippen molar-refractivity contribution in [3.63, 3.8) is 0 Å². The number of imidazole rings is 1. The maximum Gasteiger partial charge on any atom is 0.302 e. The molecule has 2 heterocycles. The zero-order valence-electron chi connectivity index (χ0n) is 18.9. The number of carbonyl (C=O) groups excluding carboxylic acids is 2. The van der Waals surface area contributed by atoms with Gasteiger partial charge in [-0.25, -0.2) is 4.98 Å². The first-order valence-electron chi connectivity index (χ1n) is 10.7. The third kappa shape index (κ3) is 3.63. The van der Waals surface area contributed by atoms with E-state index < -0.39 is 23.5 Å². The maximum absolute atomic E-state index is 13.3. The number of nitrogens with zero attached hydrogens (tertiary/aromatic N) is 2. The van der Waals surface area contributed by atoms with Crippen LogP contribution in [0.5, 0.6) is 17.2 Å². The number of aromatic nitrogens is 2. The van der Waals surface area contributed by atoms with E-state index in [1.165, 1.54) is 31.3 Å². The highest BCUT2D eigenvalue weighted by molar-refractivity contribution is 6.51. The zero-order chi connectivity index (χ0) is 24.7. The number of amides is 1. The largest absolute Gasteiger partial charge is 0.508 e. The number of ether oxygens (including phenoxy) is 2. The normalized spacial score (nSPS) is 17.2. The van der Waals surface area contributed by atoms with Gasteiger partial charge < -0.3 is 24.7 Å². The van der Waals surface area contributed by atoms with Gasteiger partial charge in [0.05, 0.1) is 42.4 Å². The summed E-state index contributed by atoms with van der Waals surface area (Å²) < 4.78 is 10.6. The molecule has 35 heavy (non-hydrogen) atoms. The number of para-hydroxylation sites is 2. The van der Waals surface area contributed by atoms with Crippen molar-refractivity contribution in [2.45, 2.75) is 6.04 Å². The van der Waals surface area contributed by atoms with Gasteiger partial charge in [-0.3, -0.25) is 14.5 Å². The molecule has 3 N–H and O–H groups in total. The number of phenolic OH excluding ortho intramolecular Hbond substituents is 1. The molecule has 1 aliphatic rings. The summed E-state index contributed by atoms with van der Waals surface area (Å²) in [6.45, 7) is 0. The Hall–Kier alpha value is -4.79. The molecule has 1 aromatic heterocycles. The number of benzene rings is 3. The third-order valence-electron chi connectivity index (χ3n) is 5.90. The maximum atomic E-state index is 13.3. The Morgan fingerprint density at radius 2 is 1.80 bits per heavy atom. The molecular weight excluding hydrogens is 450 g/mol. The van der Waals surface area contributed by atoms with Crippen LogP contribution in [-0.2, 0) is 9.59 Å². The summed E-state index contributed by atoms with van der Waals surface area (Å²) in [4.78, 5) is 35.4. The highest BCUT2D eigenvalue weighted by Crippen LogP contribution is 2.43. The van der Waals surface area contributed by atoms with Crippen molar-refractivity contribution in [2.24, 2.45) is 0 Å². The topological polar surface area (TPSA) is 125 Å². The average Bonchev–Trinajstić information content (AvgIpc) is 3.41. The highest BCUT2D eigenvalue weighted by atomic mass is 16.5. The number of rotatable bonds is 5. The molecule has 0 spiro atoms. The molecule has 1 atom stereocenters. The van der Waals surface area contributed by atoms with E-state index in [0.29, 0.717) is 22.3 Å². The summed E-state index contributed by atoms with van der Waals surface area (Å²) in [5.74, 6) is -1.35. The molecule has 0 radical (unpaired) electrons. The van der Waals surface area contributed by atoms with E-state index in [0.717, 1.165) is 0 Å². The van der Waals surface area contributed by atoms with Crippen molar-refractivity contribution in [3.8, 4) is 17.2 Å². The molecule has 9 heteroatoms. The summed E-state index contributed by atoms with van der Waals surface area (Å²) in [6.07, 6.45) is 0. The first-order valence-corrected chi connectivity index (χ1v) is 10.7. The Morgan fingerprint density at radius 3 is 2.51 bits per heavy atom. The number of Topliss-reactive ketones (excluding diaryl/α,β-unsaturated/α-hetero) is 1. The van der Waals surface area contributed by atoms with Gasteiger partial charge in [0.1, 0.15) is 23.0 Å². The number of hydrogen-bond acceptors (Lipinski definition) is 7. The van der Waals surface area contributed by atoms with Gasteiger partial charge in [0.25, 0.3) is 5.78 Å². The quantitative estimate of drug-likeness (QED) is 0.229. The van der Waals surface area contributed by atoms with Crippen LogP contribution in [0.4, 0.5) is 5.95 Å². The number of aliphatic hydroxyl groups excluding tert-OH is 1. The fraction of sp³-hybridized carbons (Fsp3) is 0.115. The number of aliphatic hydroxyl groups is 1. The molecule has 1 fully saturated rings. The summed E-state index contributed by atoms with van der Waals surface area (Å²) in [7, 11) is 2.92. The lowest BCUT2D eigenvalue weighted by molar-refractivity contribution is -0.132. The van der Waals surface area contributed by atoms with E-state index in [1.807, 2.05) is 12.1 Å². The number of H-pyrrole nitrogens is 1. The molecule has 9 nitrogen and oxygen atoms in total. The van der Waals surface area contributed by atoms with Crippen molar-refractivity contribution >= 4 is 34.4 Å². The van der Waals surface area contributed by atoms with E-state index in [1.54, 1.807) is 42.5 Å². The van der Waals surface area contributed by atoms with E-state index >= 15 is 0 Å². The van der Waals surface area contributed by atoms with Crippen molar-refractivity contribution in [2.75, 3.05) is 19.1 Å². The van der Waals surface area contributed by atoms with E-state index in [-0.39, 0.29) is 28.6 Å². The minimum atomic E-state index is -1.06. The standard InChI is InChI=1S/C26H21N3O6/c1-34-16-10-11-17(20(13-16)35-2)23(31)21-22(14-6-5-7-15(30)12-14)29(25(33)24(21)32)26-27-18-8-3-4-9-19(18)28-26/h3-13,22,30-31H,1-2H3,(H,27,28)/b23-21+. The van der Waals surface area contributed by atoms with Crippen LogP contribution in [0, 0.1) is 0 Å². The Balaban J connectivity index is 1.75. The van der Waals surface area contributed by atoms with Gasteiger partial charge in [0.15, 0.2) is 0 Å². The van der Waals surface area contributed by atoms with Gasteiger partial charge in [-0.1, -0.05) is 24.3 Å². The van der Waals surface area contributed by atoms with Crippen molar-refractivity contribution in [1.29, 1.82) is 0 Å². The number of anilines is 1. The lowest BCUT2D eigenvalue weighted by Crippen LogP contribution is -2.30. The highest BCUT2D eigenvalue weighted by Gasteiger charge is 2.48. The Morgan fingerprint density at radius 1 is 1.00 bits per heavy atom. The molecule has 5 rings (SSSR count). The number of carbonyl (C=O) groups is 2. The lowest BCUT2D eigenvalue weighted by atomic mass is 9.95. The number of aromatic amines is 1. The van der Waals surface area contributed by atoms with Crippen molar-refractivity contribution in [3.05, 3.63) is 83.4 Å². The summed E-state index contributed by atoms with van der Waals surface area (Å²) in [5.41, 5.74) is 1.75. The molecule has 1 aliphatic heterocycles. The molecular formula is C26H21N3O6. The first-order chi connectivity index (χ1) is 16.9. The molecule has 0 bridgehead atoms. The SMILES string of the molecule is COc1ccc(/C(O)=C2\C(=O)C(=O)N(c3nc4ccccc4[nH]3)C2c2cccc(O)c2)c(OC)c1. The number of hydrogen-bond donors (Lipinski definition) is 3. The van der Waals surface area contributed by atoms with Crippen LogP contribution in [0.2, 0.25) is 0 Å². The van der Waals surface area contributed by atoms with E-state index in [4.69, 9.17) is 9.47 Å². The van der Waals surface area contributed by atoms with Gasteiger partial charge in [-0.05, 0) is 42.0 Å². The lowest BCUT2D eigenvalue weighted by Gasteiger charge is -2.23. The van der Waals surface area contributed by atoms with Gasteiger partial charge >= 0.3 is 5.91 Å². The van der Waals surface area contributed by atoms with Crippen LogP contribution < -0.4 is 14.4 Å². The molecule has 176 valence electrons. The number of phenols is 1. The second-order valence-corrected chi connectivity index (χ2v) is 7.91. The first kappa shape index (κ1) is 22.0. The number of nitrogens with one attached hydrogen (secondary N) is 1. The van der Waals surface area contributed by atoms with Crippen LogP contribution >= 0.6 is 0 Å². The van der Waals surface area contributed by atoms with Crippen LogP contribution in [0.15, 0.2) is 72.3 Å².